The van der Waals surface area contributed by atoms with Crippen molar-refractivity contribution in [2.45, 2.75) is 20.8 Å². The van der Waals surface area contributed by atoms with E-state index in [1.54, 1.807) is 0 Å². The van der Waals surface area contributed by atoms with Crippen molar-refractivity contribution in [1.82, 2.24) is 0 Å². The molecule has 4 nitrogen and oxygen atoms in total. The van der Waals surface area contributed by atoms with Gasteiger partial charge in [-0.15, -0.1) is 0 Å². The minimum atomic E-state index is -0.639. The number of esters is 1. The predicted molar refractivity (Wildman–Crippen MR) is 88.2 cm³/mol. The number of rotatable bonds is 5. The molecule has 5 heteroatoms. The molecule has 0 aromatic heterocycles. The van der Waals surface area contributed by atoms with Crippen LogP contribution in [0.1, 0.15) is 37.4 Å². The molecular formula is C19H19FO4. The first-order valence-corrected chi connectivity index (χ1v) is 7.45. The Bertz CT molecular complexity index is 773. The zero-order valence-electron chi connectivity index (χ0n) is 14.1. The van der Waals surface area contributed by atoms with Crippen LogP contribution in [0.2, 0.25) is 0 Å². The maximum Gasteiger partial charge on any atom is 0.339 e. The molecule has 2 aromatic carbocycles. The first-order chi connectivity index (χ1) is 11.3. The van der Waals surface area contributed by atoms with Gasteiger partial charge in [-0.2, -0.15) is 0 Å². The van der Waals surface area contributed by atoms with Crippen molar-refractivity contribution >= 4 is 11.8 Å². The Labute approximate surface area is 140 Å². The first-order valence-electron chi connectivity index (χ1n) is 7.45. The fourth-order valence-corrected chi connectivity index (χ4v) is 2.63. The smallest absolute Gasteiger partial charge is 0.339 e. The number of benzene rings is 2. The highest BCUT2D eigenvalue weighted by Gasteiger charge is 2.17. The Morgan fingerprint density at radius 3 is 2.21 bits per heavy atom. The van der Waals surface area contributed by atoms with E-state index in [1.165, 1.54) is 19.2 Å². The quantitative estimate of drug-likeness (QED) is 0.618. The molecule has 0 saturated carbocycles. The monoisotopic (exact) mass is 330 g/mol. The summed E-state index contributed by atoms with van der Waals surface area (Å²) in [7, 11) is 1.34. The summed E-state index contributed by atoms with van der Waals surface area (Å²) in [5.41, 5.74) is 3.21. The molecule has 0 unspecified atom stereocenters. The minimum Gasteiger partial charge on any atom is -0.494 e. The van der Waals surface area contributed by atoms with Crippen LogP contribution < -0.4 is 4.74 Å². The number of ether oxygens (including phenoxy) is 2. The summed E-state index contributed by atoms with van der Waals surface area (Å²) in [6.45, 7) is 5.13. The Balaban J connectivity index is 2.09. The van der Waals surface area contributed by atoms with Gasteiger partial charge in [-0.25, -0.2) is 9.18 Å². The maximum atomic E-state index is 13.6. The van der Waals surface area contributed by atoms with Crippen LogP contribution in [-0.4, -0.2) is 25.5 Å². The average Bonchev–Trinajstić information content (AvgIpc) is 2.51. The van der Waals surface area contributed by atoms with Crippen LogP contribution in [0.3, 0.4) is 0 Å². The summed E-state index contributed by atoms with van der Waals surface area (Å²) in [6, 6.07) is 7.62. The number of hydrogen-bond acceptors (Lipinski definition) is 4. The van der Waals surface area contributed by atoms with Gasteiger partial charge in [-0.1, -0.05) is 17.7 Å². The Kier molecular flexibility index (Phi) is 5.34. The van der Waals surface area contributed by atoms with Gasteiger partial charge in [-0.05, 0) is 50.1 Å². The summed E-state index contributed by atoms with van der Waals surface area (Å²) in [6.07, 6.45) is 0. The van der Waals surface area contributed by atoms with Gasteiger partial charge in [0, 0.05) is 5.56 Å². The second-order valence-electron chi connectivity index (χ2n) is 5.62. The van der Waals surface area contributed by atoms with Crippen molar-refractivity contribution in [3.63, 3.8) is 0 Å². The number of Topliss-reactive ketones (excluding diaryl/α,β-unsaturated/α-hetero) is 1. The van der Waals surface area contributed by atoms with Gasteiger partial charge in [0.15, 0.2) is 24.0 Å². The molecule has 0 N–H and O–H groups in total. The van der Waals surface area contributed by atoms with Crippen molar-refractivity contribution in [2.24, 2.45) is 0 Å². The number of methoxy groups -OCH3 is 1. The number of carbonyl (C=O) groups excluding carboxylic acids is 2. The van der Waals surface area contributed by atoms with Crippen molar-refractivity contribution in [1.29, 1.82) is 0 Å². The highest BCUT2D eigenvalue weighted by atomic mass is 19.1. The predicted octanol–water partition coefficient (Wildman–Crippen LogP) is 3.80. The molecule has 0 amide bonds. The van der Waals surface area contributed by atoms with E-state index in [9.17, 15) is 14.0 Å². The van der Waals surface area contributed by atoms with E-state index in [-0.39, 0.29) is 11.3 Å². The highest BCUT2D eigenvalue weighted by molar-refractivity contribution is 6.00. The van der Waals surface area contributed by atoms with E-state index in [2.05, 4.69) is 0 Å². The van der Waals surface area contributed by atoms with Gasteiger partial charge in [-0.3, -0.25) is 4.79 Å². The van der Waals surface area contributed by atoms with E-state index in [0.717, 1.165) is 22.8 Å². The molecule has 0 aliphatic rings. The lowest BCUT2D eigenvalue weighted by Gasteiger charge is -2.11. The average molecular weight is 330 g/mol. The van der Waals surface area contributed by atoms with Crippen molar-refractivity contribution in [3.8, 4) is 5.75 Å². The number of halogens is 1. The van der Waals surface area contributed by atoms with Crippen molar-refractivity contribution in [2.75, 3.05) is 13.7 Å². The Hall–Kier alpha value is -2.69. The molecule has 2 aromatic rings. The Morgan fingerprint density at radius 2 is 1.67 bits per heavy atom. The normalized spacial score (nSPS) is 10.4. The van der Waals surface area contributed by atoms with Gasteiger partial charge in [0.25, 0.3) is 0 Å². The number of carbonyl (C=O) groups is 2. The van der Waals surface area contributed by atoms with Gasteiger partial charge >= 0.3 is 5.97 Å². The summed E-state index contributed by atoms with van der Waals surface area (Å²) in [5, 5.41) is 0. The molecule has 24 heavy (non-hydrogen) atoms. The van der Waals surface area contributed by atoms with E-state index >= 15 is 0 Å². The zero-order chi connectivity index (χ0) is 17.9. The third-order valence-electron chi connectivity index (χ3n) is 3.69. The lowest BCUT2D eigenvalue weighted by molar-refractivity contribution is 0.0473. The van der Waals surface area contributed by atoms with E-state index in [1.807, 2.05) is 32.9 Å². The molecule has 0 aliphatic heterocycles. The number of aryl methyl sites for hydroxylation is 3. The highest BCUT2D eigenvalue weighted by Crippen LogP contribution is 2.19. The summed E-state index contributed by atoms with van der Waals surface area (Å²) >= 11 is 0. The topological polar surface area (TPSA) is 52.6 Å². The van der Waals surface area contributed by atoms with Crippen LogP contribution in [0.15, 0.2) is 30.3 Å². The molecule has 0 spiro atoms. The summed E-state index contributed by atoms with van der Waals surface area (Å²) < 4.78 is 23.5. The lowest BCUT2D eigenvalue weighted by Crippen LogP contribution is -2.16. The molecule has 0 saturated heterocycles. The maximum absolute atomic E-state index is 13.6. The summed E-state index contributed by atoms with van der Waals surface area (Å²) in [5.74, 6) is -1.63. The largest absolute Gasteiger partial charge is 0.494 e. The molecule has 0 aliphatic carbocycles. The van der Waals surface area contributed by atoms with Gasteiger partial charge in [0.2, 0.25) is 0 Å². The van der Waals surface area contributed by atoms with E-state index in [4.69, 9.17) is 9.47 Å². The van der Waals surface area contributed by atoms with Crippen molar-refractivity contribution in [3.05, 3.63) is 64.0 Å². The SMILES string of the molecule is COc1ccc(C(=O)COC(=O)c2c(C)cc(C)cc2C)cc1F. The third-order valence-corrected chi connectivity index (χ3v) is 3.69. The molecule has 0 bridgehead atoms. The van der Waals surface area contributed by atoms with Crippen LogP contribution in [0.5, 0.6) is 5.75 Å². The standard InChI is InChI=1S/C19H19FO4/c1-11-7-12(2)18(13(3)8-11)19(22)24-10-16(21)14-5-6-17(23-4)15(20)9-14/h5-9H,10H2,1-4H3. The molecular weight excluding hydrogens is 311 g/mol. The molecule has 0 fully saturated rings. The number of hydrogen-bond donors (Lipinski definition) is 0. The number of ketones is 1. The van der Waals surface area contributed by atoms with Crippen LogP contribution >= 0.6 is 0 Å². The first kappa shape index (κ1) is 17.7. The zero-order valence-corrected chi connectivity index (χ0v) is 14.1. The molecule has 0 heterocycles. The van der Waals surface area contributed by atoms with Crippen LogP contribution in [0, 0.1) is 26.6 Å². The fraction of sp³-hybridized carbons (Fsp3) is 0.263. The van der Waals surface area contributed by atoms with Crippen LogP contribution in [-0.2, 0) is 4.74 Å². The second kappa shape index (κ2) is 7.25. The molecule has 0 atom stereocenters. The van der Waals surface area contributed by atoms with E-state index in [0.29, 0.717) is 5.56 Å². The fourth-order valence-electron chi connectivity index (χ4n) is 2.63. The van der Waals surface area contributed by atoms with Crippen molar-refractivity contribution < 1.29 is 23.5 Å². The summed E-state index contributed by atoms with van der Waals surface area (Å²) in [4.78, 5) is 24.3. The van der Waals surface area contributed by atoms with Gasteiger partial charge in [0.05, 0.1) is 12.7 Å². The molecule has 0 radical (unpaired) electrons. The Morgan fingerprint density at radius 1 is 1.04 bits per heavy atom. The van der Waals surface area contributed by atoms with Gasteiger partial charge in [0.1, 0.15) is 0 Å². The van der Waals surface area contributed by atoms with Gasteiger partial charge < -0.3 is 9.47 Å². The lowest BCUT2D eigenvalue weighted by atomic mass is 10.00. The minimum absolute atomic E-state index is 0.0504. The van der Waals surface area contributed by atoms with E-state index < -0.39 is 24.2 Å². The molecule has 2 rings (SSSR count). The van der Waals surface area contributed by atoms with Crippen LogP contribution in [0.4, 0.5) is 4.39 Å². The third kappa shape index (κ3) is 3.79. The van der Waals surface area contributed by atoms with Crippen LogP contribution in [0.25, 0.3) is 0 Å². The molecule has 126 valence electrons. The second-order valence-corrected chi connectivity index (χ2v) is 5.62.